The molecule has 0 bridgehead atoms. The highest BCUT2D eigenvalue weighted by Crippen LogP contribution is 2.17. The summed E-state index contributed by atoms with van der Waals surface area (Å²) in [6.07, 6.45) is 4.63. The maximum absolute atomic E-state index is 5.56. The van der Waals surface area contributed by atoms with Gasteiger partial charge in [0, 0.05) is 18.4 Å². The SMILES string of the molecule is C(=NCC1CCCO1)c1cccc2ccccc12. The van der Waals surface area contributed by atoms with Crippen molar-refractivity contribution in [1.82, 2.24) is 0 Å². The summed E-state index contributed by atoms with van der Waals surface area (Å²) in [5.74, 6) is 0. The molecule has 92 valence electrons. The minimum absolute atomic E-state index is 0.330. The van der Waals surface area contributed by atoms with Gasteiger partial charge in [0.25, 0.3) is 0 Å². The topological polar surface area (TPSA) is 21.6 Å². The van der Waals surface area contributed by atoms with Gasteiger partial charge < -0.3 is 4.74 Å². The van der Waals surface area contributed by atoms with E-state index in [0.29, 0.717) is 6.10 Å². The number of benzene rings is 2. The molecule has 1 unspecified atom stereocenters. The number of hydrogen-bond acceptors (Lipinski definition) is 2. The fraction of sp³-hybridized carbons (Fsp3) is 0.312. The number of ether oxygens (including phenoxy) is 1. The van der Waals surface area contributed by atoms with Crippen molar-refractivity contribution < 1.29 is 4.74 Å². The third-order valence-corrected chi connectivity index (χ3v) is 3.39. The summed E-state index contributed by atoms with van der Waals surface area (Å²) in [6, 6.07) is 14.7. The molecule has 1 aliphatic rings. The van der Waals surface area contributed by atoms with Gasteiger partial charge in [-0.1, -0.05) is 42.5 Å². The van der Waals surface area contributed by atoms with E-state index in [2.05, 4.69) is 47.5 Å². The summed E-state index contributed by atoms with van der Waals surface area (Å²) in [7, 11) is 0. The van der Waals surface area contributed by atoms with Gasteiger partial charge in [-0.05, 0) is 23.6 Å². The molecule has 2 aromatic rings. The van der Waals surface area contributed by atoms with Crippen molar-refractivity contribution in [2.75, 3.05) is 13.2 Å². The Bertz CT molecular complexity index is 551. The van der Waals surface area contributed by atoms with Crippen molar-refractivity contribution in [3.63, 3.8) is 0 Å². The number of nitrogens with zero attached hydrogens (tertiary/aromatic N) is 1. The van der Waals surface area contributed by atoms with Crippen LogP contribution in [-0.4, -0.2) is 25.5 Å². The standard InChI is InChI=1S/C16H17NO/c1-2-9-16-13(5-1)6-3-7-14(16)11-17-12-15-8-4-10-18-15/h1-3,5-7,9,11,15H,4,8,10,12H2. The van der Waals surface area contributed by atoms with E-state index in [1.165, 1.54) is 22.8 Å². The molecule has 0 N–H and O–H groups in total. The molecule has 2 aromatic carbocycles. The van der Waals surface area contributed by atoms with E-state index >= 15 is 0 Å². The van der Waals surface area contributed by atoms with E-state index in [1.807, 2.05) is 6.21 Å². The zero-order valence-corrected chi connectivity index (χ0v) is 10.4. The second kappa shape index (κ2) is 5.32. The van der Waals surface area contributed by atoms with Gasteiger partial charge in [0.15, 0.2) is 0 Å². The van der Waals surface area contributed by atoms with Crippen LogP contribution < -0.4 is 0 Å². The summed E-state index contributed by atoms with van der Waals surface area (Å²) < 4.78 is 5.56. The van der Waals surface area contributed by atoms with Gasteiger partial charge in [0.2, 0.25) is 0 Å². The van der Waals surface area contributed by atoms with E-state index in [-0.39, 0.29) is 0 Å². The maximum Gasteiger partial charge on any atom is 0.0771 e. The lowest BCUT2D eigenvalue weighted by atomic mass is 10.1. The van der Waals surface area contributed by atoms with Gasteiger partial charge in [-0.2, -0.15) is 0 Å². The van der Waals surface area contributed by atoms with E-state index in [4.69, 9.17) is 4.74 Å². The van der Waals surface area contributed by atoms with Crippen LogP contribution in [0.3, 0.4) is 0 Å². The molecule has 0 saturated carbocycles. The summed E-state index contributed by atoms with van der Waals surface area (Å²) in [6.45, 7) is 1.68. The molecule has 18 heavy (non-hydrogen) atoms. The summed E-state index contributed by atoms with van der Waals surface area (Å²) in [4.78, 5) is 4.52. The zero-order valence-electron chi connectivity index (χ0n) is 10.4. The monoisotopic (exact) mass is 239 g/mol. The summed E-state index contributed by atoms with van der Waals surface area (Å²) >= 11 is 0. The molecule has 2 nitrogen and oxygen atoms in total. The maximum atomic E-state index is 5.56. The molecule has 0 aliphatic carbocycles. The van der Waals surface area contributed by atoms with Crippen LogP contribution in [0.25, 0.3) is 10.8 Å². The zero-order chi connectivity index (χ0) is 12.2. The van der Waals surface area contributed by atoms with Gasteiger partial charge in [-0.3, -0.25) is 4.99 Å². The van der Waals surface area contributed by atoms with Crippen molar-refractivity contribution >= 4 is 17.0 Å². The third-order valence-electron chi connectivity index (χ3n) is 3.39. The predicted molar refractivity (Wildman–Crippen MR) is 75.4 cm³/mol. The Morgan fingerprint density at radius 2 is 2.06 bits per heavy atom. The predicted octanol–water partition coefficient (Wildman–Crippen LogP) is 3.44. The van der Waals surface area contributed by atoms with Gasteiger partial charge >= 0.3 is 0 Å². The summed E-state index contributed by atoms with van der Waals surface area (Å²) in [5, 5.41) is 2.52. The van der Waals surface area contributed by atoms with E-state index in [0.717, 1.165) is 19.6 Å². The van der Waals surface area contributed by atoms with E-state index in [1.54, 1.807) is 0 Å². The molecule has 2 heteroatoms. The number of fused-ring (bicyclic) bond motifs is 1. The lowest BCUT2D eigenvalue weighted by molar-refractivity contribution is 0.118. The molecule has 3 rings (SSSR count). The molecule has 0 spiro atoms. The van der Waals surface area contributed by atoms with Crippen LogP contribution in [0.1, 0.15) is 18.4 Å². The second-order valence-corrected chi connectivity index (χ2v) is 4.70. The quantitative estimate of drug-likeness (QED) is 0.752. The van der Waals surface area contributed by atoms with Crippen LogP contribution in [-0.2, 0) is 4.74 Å². The molecule has 1 heterocycles. The fourth-order valence-corrected chi connectivity index (χ4v) is 2.42. The largest absolute Gasteiger partial charge is 0.376 e. The summed E-state index contributed by atoms with van der Waals surface area (Å²) in [5.41, 5.74) is 1.19. The Morgan fingerprint density at radius 1 is 1.17 bits per heavy atom. The molecule has 1 aliphatic heterocycles. The van der Waals surface area contributed by atoms with E-state index < -0.39 is 0 Å². The third kappa shape index (κ3) is 2.44. The first-order valence-electron chi connectivity index (χ1n) is 6.53. The molecule has 1 fully saturated rings. The van der Waals surface area contributed by atoms with Gasteiger partial charge in [-0.15, -0.1) is 0 Å². The highest BCUT2D eigenvalue weighted by atomic mass is 16.5. The van der Waals surface area contributed by atoms with Crippen LogP contribution in [0.15, 0.2) is 47.5 Å². The molecular weight excluding hydrogens is 222 g/mol. The Kier molecular flexibility index (Phi) is 3.37. The first-order valence-corrected chi connectivity index (χ1v) is 6.53. The lowest BCUT2D eigenvalue weighted by Gasteiger charge is -2.05. The van der Waals surface area contributed by atoms with Gasteiger partial charge in [0.05, 0.1) is 12.6 Å². The molecule has 0 aromatic heterocycles. The highest BCUT2D eigenvalue weighted by molar-refractivity contribution is 5.99. The average Bonchev–Trinajstić information content (AvgIpc) is 2.92. The second-order valence-electron chi connectivity index (χ2n) is 4.70. The first-order chi connectivity index (χ1) is 8.93. The Hall–Kier alpha value is -1.67. The van der Waals surface area contributed by atoms with Crippen molar-refractivity contribution in [3.05, 3.63) is 48.0 Å². The lowest BCUT2D eigenvalue weighted by Crippen LogP contribution is -2.08. The van der Waals surface area contributed by atoms with Crippen molar-refractivity contribution in [2.45, 2.75) is 18.9 Å². The highest BCUT2D eigenvalue weighted by Gasteiger charge is 2.13. The van der Waals surface area contributed by atoms with Gasteiger partial charge in [0.1, 0.15) is 0 Å². The van der Waals surface area contributed by atoms with Gasteiger partial charge in [-0.25, -0.2) is 0 Å². The van der Waals surface area contributed by atoms with Crippen LogP contribution in [0.5, 0.6) is 0 Å². The Morgan fingerprint density at radius 3 is 2.94 bits per heavy atom. The first kappa shape index (κ1) is 11.4. The minimum atomic E-state index is 0.330. The van der Waals surface area contributed by atoms with E-state index in [9.17, 15) is 0 Å². The van der Waals surface area contributed by atoms with Crippen LogP contribution in [0.4, 0.5) is 0 Å². The van der Waals surface area contributed by atoms with Crippen molar-refractivity contribution in [2.24, 2.45) is 4.99 Å². The van der Waals surface area contributed by atoms with Crippen molar-refractivity contribution in [3.8, 4) is 0 Å². The fourth-order valence-electron chi connectivity index (χ4n) is 2.42. The molecule has 1 saturated heterocycles. The van der Waals surface area contributed by atoms with Crippen LogP contribution in [0, 0.1) is 0 Å². The normalized spacial score (nSPS) is 19.9. The smallest absolute Gasteiger partial charge is 0.0771 e. The molecule has 1 atom stereocenters. The van der Waals surface area contributed by atoms with Crippen LogP contribution in [0.2, 0.25) is 0 Å². The Balaban J connectivity index is 1.79. The van der Waals surface area contributed by atoms with Crippen LogP contribution >= 0.6 is 0 Å². The number of aliphatic imine (C=N–C) groups is 1. The van der Waals surface area contributed by atoms with Crippen molar-refractivity contribution in [1.29, 1.82) is 0 Å². The average molecular weight is 239 g/mol. The minimum Gasteiger partial charge on any atom is -0.376 e. The molecule has 0 radical (unpaired) electrons. The molecular formula is C16H17NO. The molecule has 0 amide bonds. The number of rotatable bonds is 3. The number of hydrogen-bond donors (Lipinski definition) is 0. The Labute approximate surface area is 107 Å².